The Morgan fingerprint density at radius 1 is 1.33 bits per heavy atom. The molecule has 1 saturated heterocycles. The third-order valence-electron chi connectivity index (χ3n) is 5.18. The third-order valence-corrected chi connectivity index (χ3v) is 5.18. The van der Waals surface area contributed by atoms with Gasteiger partial charge in [0.05, 0.1) is 6.04 Å². The van der Waals surface area contributed by atoms with Crippen LogP contribution in [0.5, 0.6) is 0 Å². The summed E-state index contributed by atoms with van der Waals surface area (Å²) in [7, 11) is 0. The molecule has 0 radical (unpaired) electrons. The lowest BCUT2D eigenvalue weighted by molar-refractivity contribution is -0.120. The molecular formula is C17H25N3O. The Bertz CT molecular complexity index is 505. The number of para-hydroxylation sites is 1. The average Bonchev–Trinajstić information content (AvgIpc) is 3.08. The topological polar surface area (TPSA) is 58.4 Å². The molecule has 3 N–H and O–H groups in total. The van der Waals surface area contributed by atoms with Gasteiger partial charge in [0.25, 0.3) is 0 Å². The van der Waals surface area contributed by atoms with Crippen molar-refractivity contribution in [3.05, 3.63) is 29.8 Å². The van der Waals surface area contributed by atoms with Crippen molar-refractivity contribution < 1.29 is 4.79 Å². The number of carbonyl (C=O) groups excluding carboxylic acids is 1. The summed E-state index contributed by atoms with van der Waals surface area (Å²) in [6, 6.07) is 7.69. The smallest absolute Gasteiger partial charge is 0.241 e. The summed E-state index contributed by atoms with van der Waals surface area (Å²) in [5.41, 5.74) is 7.55. The number of fused-ring (bicyclic) bond motifs is 1. The number of benzene rings is 1. The van der Waals surface area contributed by atoms with Gasteiger partial charge in [-0.25, -0.2) is 0 Å². The van der Waals surface area contributed by atoms with Crippen molar-refractivity contribution in [2.45, 2.75) is 38.8 Å². The standard InChI is InChI=1S/C17H25N3O/c1-12(20-10-14-6-4-7-15(14)11-20)17(21)19-16-8-3-2-5-13(16)9-18/h2-3,5,8,12,14-15H,4,6-7,9-11,18H2,1H3,(H,19,21). The fourth-order valence-corrected chi connectivity index (χ4v) is 3.81. The van der Waals surface area contributed by atoms with E-state index in [1.54, 1.807) is 0 Å². The first-order valence-electron chi connectivity index (χ1n) is 8.02. The summed E-state index contributed by atoms with van der Waals surface area (Å²) in [4.78, 5) is 14.8. The van der Waals surface area contributed by atoms with E-state index in [1.165, 1.54) is 19.3 Å². The molecule has 3 atom stereocenters. The second-order valence-corrected chi connectivity index (χ2v) is 6.43. The van der Waals surface area contributed by atoms with Crippen LogP contribution in [0.1, 0.15) is 31.7 Å². The van der Waals surface area contributed by atoms with Crippen LogP contribution in [0.15, 0.2) is 24.3 Å². The molecular weight excluding hydrogens is 262 g/mol. The molecule has 0 aromatic heterocycles. The van der Waals surface area contributed by atoms with E-state index in [4.69, 9.17) is 5.73 Å². The van der Waals surface area contributed by atoms with E-state index in [1.807, 2.05) is 31.2 Å². The molecule has 0 spiro atoms. The lowest BCUT2D eigenvalue weighted by Crippen LogP contribution is -2.41. The van der Waals surface area contributed by atoms with Gasteiger partial charge in [0.2, 0.25) is 5.91 Å². The van der Waals surface area contributed by atoms with Crippen LogP contribution in [0, 0.1) is 11.8 Å². The van der Waals surface area contributed by atoms with E-state index in [0.29, 0.717) is 6.54 Å². The molecule has 4 nitrogen and oxygen atoms in total. The van der Waals surface area contributed by atoms with Gasteiger partial charge < -0.3 is 11.1 Å². The predicted octanol–water partition coefficient (Wildman–Crippen LogP) is 2.20. The molecule has 1 heterocycles. The number of hydrogen-bond donors (Lipinski definition) is 2. The Kier molecular flexibility index (Phi) is 4.27. The number of nitrogens with zero attached hydrogens (tertiary/aromatic N) is 1. The van der Waals surface area contributed by atoms with Gasteiger partial charge in [0.1, 0.15) is 0 Å². The van der Waals surface area contributed by atoms with Crippen LogP contribution in [-0.2, 0) is 11.3 Å². The second-order valence-electron chi connectivity index (χ2n) is 6.43. The minimum Gasteiger partial charge on any atom is -0.326 e. The number of likely N-dealkylation sites (tertiary alicyclic amines) is 1. The molecule has 1 aliphatic carbocycles. The highest BCUT2D eigenvalue weighted by molar-refractivity contribution is 5.95. The van der Waals surface area contributed by atoms with Crippen LogP contribution in [0.4, 0.5) is 5.69 Å². The molecule has 1 saturated carbocycles. The SMILES string of the molecule is CC(C(=O)Nc1ccccc1CN)N1CC2CCCC2C1. The first kappa shape index (κ1) is 14.5. The summed E-state index contributed by atoms with van der Waals surface area (Å²) < 4.78 is 0. The molecule has 2 fully saturated rings. The van der Waals surface area contributed by atoms with Gasteiger partial charge in [-0.15, -0.1) is 0 Å². The maximum atomic E-state index is 12.5. The molecule has 1 aromatic rings. The molecule has 4 heteroatoms. The largest absolute Gasteiger partial charge is 0.326 e. The zero-order valence-electron chi connectivity index (χ0n) is 12.7. The molecule has 1 aromatic carbocycles. The van der Waals surface area contributed by atoms with Gasteiger partial charge >= 0.3 is 0 Å². The highest BCUT2D eigenvalue weighted by atomic mass is 16.2. The lowest BCUT2D eigenvalue weighted by Gasteiger charge is -2.24. The van der Waals surface area contributed by atoms with Crippen molar-refractivity contribution >= 4 is 11.6 Å². The first-order valence-corrected chi connectivity index (χ1v) is 8.02. The number of hydrogen-bond acceptors (Lipinski definition) is 3. The minimum atomic E-state index is -0.0681. The number of carbonyl (C=O) groups is 1. The third kappa shape index (κ3) is 2.97. The van der Waals surface area contributed by atoms with Crippen molar-refractivity contribution in [2.75, 3.05) is 18.4 Å². The summed E-state index contributed by atoms with van der Waals surface area (Å²) in [6.07, 6.45) is 4.05. The van der Waals surface area contributed by atoms with Crippen LogP contribution >= 0.6 is 0 Å². The molecule has 21 heavy (non-hydrogen) atoms. The fourth-order valence-electron chi connectivity index (χ4n) is 3.81. The van der Waals surface area contributed by atoms with Crippen molar-refractivity contribution in [1.82, 2.24) is 4.90 Å². The van der Waals surface area contributed by atoms with Crippen LogP contribution in [0.2, 0.25) is 0 Å². The Balaban J connectivity index is 1.62. The second kappa shape index (κ2) is 6.16. The van der Waals surface area contributed by atoms with Gasteiger partial charge in [-0.2, -0.15) is 0 Å². The molecule has 1 aliphatic heterocycles. The maximum Gasteiger partial charge on any atom is 0.241 e. The van der Waals surface area contributed by atoms with Crippen LogP contribution in [-0.4, -0.2) is 29.9 Å². The van der Waals surface area contributed by atoms with Gasteiger partial charge in [-0.3, -0.25) is 9.69 Å². The van der Waals surface area contributed by atoms with Gasteiger partial charge in [-0.1, -0.05) is 24.6 Å². The van der Waals surface area contributed by atoms with Gasteiger partial charge in [0, 0.05) is 25.3 Å². The van der Waals surface area contributed by atoms with E-state index in [2.05, 4.69) is 10.2 Å². The Morgan fingerprint density at radius 3 is 2.67 bits per heavy atom. The lowest BCUT2D eigenvalue weighted by atomic mass is 10.0. The van der Waals surface area contributed by atoms with Gasteiger partial charge in [0.15, 0.2) is 0 Å². The van der Waals surface area contributed by atoms with E-state index < -0.39 is 0 Å². The zero-order valence-corrected chi connectivity index (χ0v) is 12.7. The normalized spacial score (nSPS) is 26.6. The minimum absolute atomic E-state index is 0.0681. The summed E-state index contributed by atoms with van der Waals surface area (Å²) in [5, 5.41) is 3.04. The number of nitrogens with one attached hydrogen (secondary N) is 1. The Labute approximate surface area is 126 Å². The molecule has 114 valence electrons. The molecule has 2 aliphatic rings. The van der Waals surface area contributed by atoms with Crippen molar-refractivity contribution in [3.8, 4) is 0 Å². The van der Waals surface area contributed by atoms with Gasteiger partial charge in [-0.05, 0) is 43.2 Å². The molecule has 3 unspecified atom stereocenters. The predicted molar refractivity (Wildman–Crippen MR) is 84.8 cm³/mol. The highest BCUT2D eigenvalue weighted by Crippen LogP contribution is 2.38. The van der Waals surface area contributed by atoms with Crippen LogP contribution < -0.4 is 11.1 Å². The Hall–Kier alpha value is -1.39. The number of amides is 1. The quantitative estimate of drug-likeness (QED) is 0.892. The summed E-state index contributed by atoms with van der Waals surface area (Å²) >= 11 is 0. The first-order chi connectivity index (χ1) is 10.2. The number of rotatable bonds is 4. The summed E-state index contributed by atoms with van der Waals surface area (Å²) in [5.74, 6) is 1.71. The van der Waals surface area contributed by atoms with E-state index in [0.717, 1.165) is 36.2 Å². The van der Waals surface area contributed by atoms with E-state index >= 15 is 0 Å². The number of anilines is 1. The van der Waals surface area contributed by atoms with Crippen LogP contribution in [0.3, 0.4) is 0 Å². The van der Waals surface area contributed by atoms with Crippen molar-refractivity contribution in [1.29, 1.82) is 0 Å². The monoisotopic (exact) mass is 287 g/mol. The molecule has 3 rings (SSSR count). The average molecular weight is 287 g/mol. The van der Waals surface area contributed by atoms with Crippen molar-refractivity contribution in [2.24, 2.45) is 17.6 Å². The fraction of sp³-hybridized carbons (Fsp3) is 0.588. The Morgan fingerprint density at radius 2 is 2.00 bits per heavy atom. The van der Waals surface area contributed by atoms with E-state index in [-0.39, 0.29) is 11.9 Å². The highest BCUT2D eigenvalue weighted by Gasteiger charge is 2.39. The van der Waals surface area contributed by atoms with Crippen molar-refractivity contribution in [3.63, 3.8) is 0 Å². The maximum absolute atomic E-state index is 12.5. The molecule has 1 amide bonds. The molecule has 0 bridgehead atoms. The zero-order chi connectivity index (χ0) is 14.8. The summed E-state index contributed by atoms with van der Waals surface area (Å²) in [6.45, 7) is 4.62. The van der Waals surface area contributed by atoms with E-state index in [9.17, 15) is 4.79 Å². The number of nitrogens with two attached hydrogens (primary N) is 1. The van der Waals surface area contributed by atoms with Crippen LogP contribution in [0.25, 0.3) is 0 Å².